The maximum absolute atomic E-state index is 12.5. The Labute approximate surface area is 158 Å². The Balaban J connectivity index is 1.57. The number of aromatic nitrogens is 2. The third-order valence-electron chi connectivity index (χ3n) is 4.55. The molecule has 0 unspecified atom stereocenters. The molecule has 3 heterocycles. The molecule has 0 bridgehead atoms. The lowest BCUT2D eigenvalue weighted by Crippen LogP contribution is -2.16. The van der Waals surface area contributed by atoms with Gasteiger partial charge in [0.15, 0.2) is 4.96 Å². The highest BCUT2D eigenvalue weighted by molar-refractivity contribution is 7.17. The predicted octanol–water partition coefficient (Wildman–Crippen LogP) is 3.69. The van der Waals surface area contributed by atoms with E-state index in [1.807, 2.05) is 22.2 Å². The van der Waals surface area contributed by atoms with E-state index in [1.54, 1.807) is 0 Å². The molecule has 3 aromatic rings. The minimum absolute atomic E-state index is 0.169. The maximum atomic E-state index is 12.5. The molecule has 136 valence electrons. The Morgan fingerprint density at radius 2 is 2.15 bits per heavy atom. The molecule has 0 aliphatic heterocycles. The molecule has 0 saturated heterocycles. The summed E-state index contributed by atoms with van der Waals surface area (Å²) >= 11 is 3.04. The number of anilines is 1. The number of fused-ring (bicyclic) bond motifs is 2. The molecule has 4 rings (SSSR count). The zero-order valence-corrected chi connectivity index (χ0v) is 16.0. The number of esters is 1. The van der Waals surface area contributed by atoms with Crippen LogP contribution in [0.3, 0.4) is 0 Å². The Morgan fingerprint density at radius 3 is 2.96 bits per heavy atom. The van der Waals surface area contributed by atoms with E-state index in [0.717, 1.165) is 36.2 Å². The molecule has 8 heteroatoms. The Bertz CT molecular complexity index is 941. The van der Waals surface area contributed by atoms with Crippen LogP contribution in [0.5, 0.6) is 0 Å². The predicted molar refractivity (Wildman–Crippen MR) is 102 cm³/mol. The van der Waals surface area contributed by atoms with E-state index in [2.05, 4.69) is 10.3 Å². The van der Waals surface area contributed by atoms with Gasteiger partial charge in [-0.25, -0.2) is 9.78 Å². The number of nitrogens with zero attached hydrogens (tertiary/aromatic N) is 2. The lowest BCUT2D eigenvalue weighted by Gasteiger charge is -2.07. The molecule has 6 nitrogen and oxygen atoms in total. The SMILES string of the molecule is COC(=O)c1c(NC(=O)Cc2cn3ccsc3n2)sc2c1CCCCC2. The molecular formula is C18H19N3O3S2. The van der Waals surface area contributed by atoms with Crippen molar-refractivity contribution in [3.05, 3.63) is 39.5 Å². The highest BCUT2D eigenvalue weighted by atomic mass is 32.1. The summed E-state index contributed by atoms with van der Waals surface area (Å²) in [6.45, 7) is 0. The molecular weight excluding hydrogens is 370 g/mol. The number of carbonyl (C=O) groups is 2. The van der Waals surface area contributed by atoms with Crippen molar-refractivity contribution >= 4 is 44.5 Å². The fourth-order valence-corrected chi connectivity index (χ4v) is 5.36. The van der Waals surface area contributed by atoms with Crippen molar-refractivity contribution in [2.45, 2.75) is 38.5 Å². The number of rotatable bonds is 4. The van der Waals surface area contributed by atoms with Crippen LogP contribution in [0.15, 0.2) is 17.8 Å². The fraction of sp³-hybridized carbons (Fsp3) is 0.389. The van der Waals surface area contributed by atoms with Gasteiger partial charge in [-0.1, -0.05) is 6.42 Å². The number of hydrogen-bond acceptors (Lipinski definition) is 6. The van der Waals surface area contributed by atoms with Crippen molar-refractivity contribution in [3.63, 3.8) is 0 Å². The standard InChI is InChI=1S/C18H19N3O3S2/c1-24-17(23)15-12-5-3-2-4-6-13(12)26-16(15)20-14(22)9-11-10-21-7-8-25-18(21)19-11/h7-8,10H,2-6,9H2,1H3,(H,20,22). The van der Waals surface area contributed by atoms with Gasteiger partial charge in [0.2, 0.25) is 5.91 Å². The van der Waals surface area contributed by atoms with Crippen LogP contribution >= 0.6 is 22.7 Å². The number of aryl methyl sites for hydroxylation is 1. The molecule has 0 fully saturated rings. The topological polar surface area (TPSA) is 72.7 Å². The third kappa shape index (κ3) is 3.26. The molecule has 0 radical (unpaired) electrons. The van der Waals surface area contributed by atoms with Crippen molar-refractivity contribution in [1.29, 1.82) is 0 Å². The van der Waals surface area contributed by atoms with E-state index < -0.39 is 0 Å². The molecule has 3 aromatic heterocycles. The van der Waals surface area contributed by atoms with Gasteiger partial charge in [-0.15, -0.1) is 22.7 Å². The van der Waals surface area contributed by atoms with Crippen LogP contribution in [0.2, 0.25) is 0 Å². The fourth-order valence-electron chi connectivity index (χ4n) is 3.35. The van der Waals surface area contributed by atoms with E-state index in [0.29, 0.717) is 16.3 Å². The van der Waals surface area contributed by atoms with Gasteiger partial charge in [0.1, 0.15) is 5.00 Å². The molecule has 1 aliphatic rings. The lowest BCUT2D eigenvalue weighted by molar-refractivity contribution is -0.115. The number of methoxy groups -OCH3 is 1. The van der Waals surface area contributed by atoms with E-state index >= 15 is 0 Å². The van der Waals surface area contributed by atoms with Crippen molar-refractivity contribution in [2.75, 3.05) is 12.4 Å². The first kappa shape index (κ1) is 17.2. The number of thiazole rings is 1. The highest BCUT2D eigenvalue weighted by Gasteiger charge is 2.26. The van der Waals surface area contributed by atoms with E-state index in [9.17, 15) is 9.59 Å². The van der Waals surface area contributed by atoms with Gasteiger partial charge in [-0.2, -0.15) is 0 Å². The van der Waals surface area contributed by atoms with Gasteiger partial charge in [0.05, 0.1) is 24.8 Å². The molecule has 0 spiro atoms. The van der Waals surface area contributed by atoms with E-state index in [-0.39, 0.29) is 18.3 Å². The number of imidazole rings is 1. The van der Waals surface area contributed by atoms with Crippen LogP contribution in [-0.2, 0) is 28.8 Å². The van der Waals surface area contributed by atoms with Crippen molar-refractivity contribution < 1.29 is 14.3 Å². The van der Waals surface area contributed by atoms with Gasteiger partial charge < -0.3 is 10.1 Å². The Morgan fingerprint density at radius 1 is 1.31 bits per heavy atom. The summed E-state index contributed by atoms with van der Waals surface area (Å²) in [4.78, 5) is 31.3. The number of ether oxygens (including phenoxy) is 1. The maximum Gasteiger partial charge on any atom is 0.341 e. The number of amides is 1. The summed E-state index contributed by atoms with van der Waals surface area (Å²) in [6.07, 6.45) is 9.12. The molecule has 1 N–H and O–H groups in total. The summed E-state index contributed by atoms with van der Waals surface area (Å²) < 4.78 is 6.88. The summed E-state index contributed by atoms with van der Waals surface area (Å²) in [5.41, 5.74) is 2.30. The molecule has 1 amide bonds. The van der Waals surface area contributed by atoms with Crippen molar-refractivity contribution in [2.24, 2.45) is 0 Å². The number of carbonyl (C=O) groups excluding carboxylic acids is 2. The Hall–Kier alpha value is -2.19. The second-order valence-electron chi connectivity index (χ2n) is 6.31. The van der Waals surface area contributed by atoms with Crippen LogP contribution < -0.4 is 5.32 Å². The van der Waals surface area contributed by atoms with E-state index in [4.69, 9.17) is 4.74 Å². The average Bonchev–Trinajstić information content (AvgIpc) is 3.23. The molecule has 0 atom stereocenters. The lowest BCUT2D eigenvalue weighted by atomic mass is 10.1. The van der Waals surface area contributed by atoms with Gasteiger partial charge >= 0.3 is 5.97 Å². The summed E-state index contributed by atoms with van der Waals surface area (Å²) in [5, 5.41) is 5.48. The van der Waals surface area contributed by atoms with Crippen LogP contribution in [0.25, 0.3) is 4.96 Å². The number of thiophene rings is 1. The van der Waals surface area contributed by atoms with Crippen LogP contribution in [0, 0.1) is 0 Å². The molecule has 1 aliphatic carbocycles. The van der Waals surface area contributed by atoms with Gasteiger partial charge in [0, 0.05) is 22.7 Å². The first-order chi connectivity index (χ1) is 12.7. The van der Waals surface area contributed by atoms with Crippen LogP contribution in [-0.4, -0.2) is 28.4 Å². The van der Waals surface area contributed by atoms with Crippen molar-refractivity contribution in [1.82, 2.24) is 9.38 Å². The zero-order valence-electron chi connectivity index (χ0n) is 14.4. The minimum atomic E-state index is -0.373. The minimum Gasteiger partial charge on any atom is -0.465 e. The summed E-state index contributed by atoms with van der Waals surface area (Å²) in [7, 11) is 1.38. The van der Waals surface area contributed by atoms with Gasteiger partial charge in [-0.05, 0) is 31.2 Å². The second kappa shape index (κ2) is 7.20. The smallest absolute Gasteiger partial charge is 0.341 e. The quantitative estimate of drug-likeness (QED) is 0.546. The molecule has 26 heavy (non-hydrogen) atoms. The van der Waals surface area contributed by atoms with Crippen LogP contribution in [0.4, 0.5) is 5.00 Å². The highest BCUT2D eigenvalue weighted by Crippen LogP contribution is 2.38. The second-order valence-corrected chi connectivity index (χ2v) is 8.29. The number of nitrogens with one attached hydrogen (secondary N) is 1. The van der Waals surface area contributed by atoms with Gasteiger partial charge in [-0.3, -0.25) is 9.20 Å². The van der Waals surface area contributed by atoms with E-state index in [1.165, 1.54) is 41.1 Å². The summed E-state index contributed by atoms with van der Waals surface area (Å²) in [6, 6.07) is 0. The Kier molecular flexibility index (Phi) is 4.78. The largest absolute Gasteiger partial charge is 0.465 e. The monoisotopic (exact) mass is 389 g/mol. The first-order valence-electron chi connectivity index (χ1n) is 8.59. The third-order valence-corrected chi connectivity index (χ3v) is 6.53. The van der Waals surface area contributed by atoms with Gasteiger partial charge in [0.25, 0.3) is 0 Å². The average molecular weight is 390 g/mol. The molecule has 0 saturated carbocycles. The summed E-state index contributed by atoms with van der Waals surface area (Å²) in [5.74, 6) is -0.542. The van der Waals surface area contributed by atoms with Crippen LogP contribution in [0.1, 0.15) is 45.8 Å². The number of hydrogen-bond donors (Lipinski definition) is 1. The zero-order chi connectivity index (χ0) is 18.1. The molecule has 0 aromatic carbocycles. The normalized spacial score (nSPS) is 14.0. The van der Waals surface area contributed by atoms with Crippen molar-refractivity contribution in [3.8, 4) is 0 Å². The first-order valence-corrected chi connectivity index (χ1v) is 10.3.